The standard InChI is InChI=1S/C25H19ClN4O2S/c1-14-6-5-7-17(12-14)30-24(32)19-11-10-16(26)13-21(19)28-25(30)33-15(2)22-27-20-9-4-3-8-18(20)23(31)29-22/h3-13,15H,1-2H3,(H,27,29,31). The van der Waals surface area contributed by atoms with Crippen LogP contribution in [0.4, 0.5) is 0 Å². The van der Waals surface area contributed by atoms with Crippen molar-refractivity contribution >= 4 is 45.2 Å². The van der Waals surface area contributed by atoms with Crippen LogP contribution in [0.15, 0.2) is 81.5 Å². The Morgan fingerprint density at radius 3 is 2.58 bits per heavy atom. The lowest BCUT2D eigenvalue weighted by Gasteiger charge is -2.17. The van der Waals surface area contributed by atoms with Crippen LogP contribution in [-0.2, 0) is 0 Å². The molecule has 164 valence electrons. The number of para-hydroxylation sites is 1. The predicted octanol–water partition coefficient (Wildman–Crippen LogP) is 5.44. The van der Waals surface area contributed by atoms with E-state index in [0.717, 1.165) is 11.3 Å². The summed E-state index contributed by atoms with van der Waals surface area (Å²) < 4.78 is 1.60. The molecular weight excluding hydrogens is 456 g/mol. The van der Waals surface area contributed by atoms with E-state index in [-0.39, 0.29) is 16.4 Å². The van der Waals surface area contributed by atoms with Crippen molar-refractivity contribution < 1.29 is 0 Å². The molecule has 2 heterocycles. The number of aromatic nitrogens is 4. The number of H-pyrrole nitrogens is 1. The maximum absolute atomic E-state index is 13.5. The topological polar surface area (TPSA) is 80.6 Å². The van der Waals surface area contributed by atoms with Crippen molar-refractivity contribution in [1.82, 2.24) is 19.5 Å². The number of halogens is 1. The van der Waals surface area contributed by atoms with E-state index in [2.05, 4.69) is 9.97 Å². The first-order chi connectivity index (χ1) is 15.9. The van der Waals surface area contributed by atoms with E-state index in [0.29, 0.717) is 37.8 Å². The molecule has 0 saturated carbocycles. The van der Waals surface area contributed by atoms with Crippen LogP contribution in [0, 0.1) is 6.92 Å². The smallest absolute Gasteiger partial charge is 0.266 e. The zero-order chi connectivity index (χ0) is 23.1. The van der Waals surface area contributed by atoms with Crippen molar-refractivity contribution in [3.8, 4) is 5.69 Å². The maximum atomic E-state index is 13.5. The summed E-state index contributed by atoms with van der Waals surface area (Å²) in [6, 6.07) is 20.0. The van der Waals surface area contributed by atoms with Gasteiger partial charge >= 0.3 is 0 Å². The summed E-state index contributed by atoms with van der Waals surface area (Å²) in [5.41, 5.74) is 2.51. The number of benzene rings is 3. The highest BCUT2D eigenvalue weighted by atomic mass is 35.5. The molecule has 0 bridgehead atoms. The number of aromatic amines is 1. The van der Waals surface area contributed by atoms with Crippen molar-refractivity contribution in [1.29, 1.82) is 0 Å². The molecule has 3 aromatic carbocycles. The van der Waals surface area contributed by atoms with Crippen molar-refractivity contribution in [2.45, 2.75) is 24.3 Å². The molecule has 0 amide bonds. The molecule has 1 unspecified atom stereocenters. The zero-order valence-corrected chi connectivity index (χ0v) is 19.4. The number of hydrogen-bond acceptors (Lipinski definition) is 5. The first-order valence-electron chi connectivity index (χ1n) is 10.4. The summed E-state index contributed by atoms with van der Waals surface area (Å²) in [5.74, 6) is 0.514. The van der Waals surface area contributed by atoms with Crippen molar-refractivity contribution in [2.75, 3.05) is 0 Å². The van der Waals surface area contributed by atoms with Gasteiger partial charge in [-0.1, -0.05) is 47.6 Å². The summed E-state index contributed by atoms with van der Waals surface area (Å²) in [6.07, 6.45) is 0. The quantitative estimate of drug-likeness (QED) is 0.277. The number of hydrogen-bond donors (Lipinski definition) is 1. The minimum atomic E-state index is -0.276. The van der Waals surface area contributed by atoms with Crippen molar-refractivity contribution in [2.24, 2.45) is 0 Å². The lowest BCUT2D eigenvalue weighted by molar-refractivity contribution is 0.809. The number of fused-ring (bicyclic) bond motifs is 2. The van der Waals surface area contributed by atoms with Gasteiger partial charge in [0.25, 0.3) is 11.1 Å². The Balaban J connectivity index is 1.67. The summed E-state index contributed by atoms with van der Waals surface area (Å²) in [5, 5.41) is 1.74. The van der Waals surface area contributed by atoms with E-state index in [4.69, 9.17) is 16.6 Å². The molecule has 2 aromatic heterocycles. The molecule has 0 aliphatic heterocycles. The number of nitrogens with one attached hydrogen (secondary N) is 1. The number of nitrogens with zero attached hydrogens (tertiary/aromatic N) is 3. The fourth-order valence-electron chi connectivity index (χ4n) is 3.72. The molecule has 0 spiro atoms. The Hall–Kier alpha value is -3.42. The molecule has 6 nitrogen and oxygen atoms in total. The van der Waals surface area contributed by atoms with Crippen LogP contribution in [0.25, 0.3) is 27.5 Å². The molecule has 33 heavy (non-hydrogen) atoms. The van der Waals surface area contributed by atoms with Crippen molar-refractivity contribution in [3.05, 3.63) is 104 Å². The first-order valence-corrected chi connectivity index (χ1v) is 11.6. The maximum Gasteiger partial charge on any atom is 0.266 e. The van der Waals surface area contributed by atoms with Gasteiger partial charge in [0.2, 0.25) is 0 Å². The molecule has 1 N–H and O–H groups in total. The van der Waals surface area contributed by atoms with E-state index >= 15 is 0 Å². The third-order valence-corrected chi connectivity index (χ3v) is 6.66. The van der Waals surface area contributed by atoms with Crippen LogP contribution in [0.1, 0.15) is 23.6 Å². The second-order valence-corrected chi connectivity index (χ2v) is 9.51. The predicted molar refractivity (Wildman–Crippen MR) is 134 cm³/mol. The average molecular weight is 475 g/mol. The second kappa shape index (κ2) is 8.50. The van der Waals surface area contributed by atoms with E-state index in [1.54, 1.807) is 28.8 Å². The highest BCUT2D eigenvalue weighted by molar-refractivity contribution is 7.99. The van der Waals surface area contributed by atoms with Crippen LogP contribution < -0.4 is 11.1 Å². The number of rotatable bonds is 4. The summed E-state index contributed by atoms with van der Waals surface area (Å²) >= 11 is 7.52. The number of thioether (sulfide) groups is 1. The molecule has 1 atom stereocenters. The van der Waals surface area contributed by atoms with Gasteiger partial charge in [0, 0.05) is 5.02 Å². The molecule has 5 rings (SSSR count). The largest absolute Gasteiger partial charge is 0.309 e. The third-order valence-electron chi connectivity index (χ3n) is 5.36. The second-order valence-electron chi connectivity index (χ2n) is 7.76. The van der Waals surface area contributed by atoms with Crippen LogP contribution in [-0.4, -0.2) is 19.5 Å². The van der Waals surface area contributed by atoms with Gasteiger partial charge in [-0.05, 0) is 61.9 Å². The van der Waals surface area contributed by atoms with Crippen LogP contribution in [0.2, 0.25) is 5.02 Å². The Kier molecular flexibility index (Phi) is 5.52. The molecule has 8 heteroatoms. The molecule has 0 aliphatic carbocycles. The zero-order valence-electron chi connectivity index (χ0n) is 17.9. The summed E-state index contributed by atoms with van der Waals surface area (Å²) in [6.45, 7) is 3.90. The van der Waals surface area contributed by atoms with Crippen LogP contribution in [0.5, 0.6) is 0 Å². The molecule has 0 fully saturated rings. The monoisotopic (exact) mass is 474 g/mol. The van der Waals surface area contributed by atoms with E-state index in [9.17, 15) is 9.59 Å². The third kappa shape index (κ3) is 4.05. The molecular formula is C25H19ClN4O2S. The molecule has 0 radical (unpaired) electrons. The lowest BCUT2D eigenvalue weighted by Crippen LogP contribution is -2.22. The van der Waals surface area contributed by atoms with Gasteiger partial charge in [-0.15, -0.1) is 0 Å². The van der Waals surface area contributed by atoms with Gasteiger partial charge in [0.1, 0.15) is 5.82 Å². The minimum Gasteiger partial charge on any atom is -0.309 e. The van der Waals surface area contributed by atoms with Gasteiger partial charge in [0.15, 0.2) is 5.16 Å². The molecule has 0 saturated heterocycles. The number of aryl methyl sites for hydroxylation is 1. The van der Waals surface area contributed by atoms with Crippen LogP contribution in [0.3, 0.4) is 0 Å². The van der Waals surface area contributed by atoms with E-state index in [1.807, 2.05) is 56.3 Å². The normalized spacial score (nSPS) is 12.3. The van der Waals surface area contributed by atoms with Gasteiger partial charge in [-0.25, -0.2) is 9.97 Å². The van der Waals surface area contributed by atoms with E-state index in [1.165, 1.54) is 11.8 Å². The fourth-order valence-corrected chi connectivity index (χ4v) is 4.87. The summed E-state index contributed by atoms with van der Waals surface area (Å²) in [7, 11) is 0. The highest BCUT2D eigenvalue weighted by Crippen LogP contribution is 2.33. The highest BCUT2D eigenvalue weighted by Gasteiger charge is 2.19. The SMILES string of the molecule is Cc1cccc(-n2c(SC(C)c3nc4ccccc4c(=O)[nH]3)nc3cc(Cl)ccc3c2=O)c1. The van der Waals surface area contributed by atoms with Gasteiger partial charge in [-0.3, -0.25) is 14.2 Å². The fraction of sp³-hybridized carbons (Fsp3) is 0.120. The van der Waals surface area contributed by atoms with Gasteiger partial charge in [-0.2, -0.15) is 0 Å². The lowest BCUT2D eigenvalue weighted by atomic mass is 10.2. The summed E-state index contributed by atoms with van der Waals surface area (Å²) in [4.78, 5) is 38.4. The Labute approximate surface area is 198 Å². The minimum absolute atomic E-state index is 0.183. The molecule has 0 aliphatic rings. The Bertz CT molecular complexity index is 1640. The molecule has 5 aromatic rings. The van der Waals surface area contributed by atoms with Crippen molar-refractivity contribution in [3.63, 3.8) is 0 Å². The van der Waals surface area contributed by atoms with Gasteiger partial charge < -0.3 is 4.98 Å². The Morgan fingerprint density at radius 1 is 0.939 bits per heavy atom. The van der Waals surface area contributed by atoms with Gasteiger partial charge in [0.05, 0.1) is 32.7 Å². The van der Waals surface area contributed by atoms with Crippen LogP contribution >= 0.6 is 23.4 Å². The van der Waals surface area contributed by atoms with E-state index < -0.39 is 0 Å². The first kappa shape index (κ1) is 21.4. The Morgan fingerprint density at radius 2 is 1.76 bits per heavy atom. The average Bonchev–Trinajstić information content (AvgIpc) is 2.79.